The van der Waals surface area contributed by atoms with Gasteiger partial charge in [0.05, 0.1) is 23.8 Å². The van der Waals surface area contributed by atoms with Crippen molar-refractivity contribution in [3.05, 3.63) is 18.2 Å². The Balaban J connectivity index is 2.39. The first-order chi connectivity index (χ1) is 9.38. The predicted molar refractivity (Wildman–Crippen MR) is 83.0 cm³/mol. The molecule has 0 unspecified atom stereocenters. The number of rotatable bonds is 3. The zero-order valence-corrected chi connectivity index (χ0v) is 12.8. The summed E-state index contributed by atoms with van der Waals surface area (Å²) in [5.74, 6) is 0. The Bertz CT molecular complexity index is 610. The van der Waals surface area contributed by atoms with Crippen molar-refractivity contribution in [1.29, 1.82) is 0 Å². The topological polar surface area (TPSA) is 84.7 Å². The lowest BCUT2D eigenvalue weighted by Gasteiger charge is -2.29. The summed E-state index contributed by atoms with van der Waals surface area (Å²) in [5.41, 5.74) is 6.78. The zero-order chi connectivity index (χ0) is 14.8. The standard InChI is InChI=1S/C12H17N3O3S2/c1-20(16,17)11-3-2-9(8-10(11)14-12(13)19)15-4-6-18-7-5-15/h2-3,8H,4-7H2,1H3,(H3,13,14,19). The fourth-order valence-corrected chi connectivity index (χ4v) is 3.02. The van der Waals surface area contributed by atoms with Crippen LogP contribution in [0.5, 0.6) is 0 Å². The van der Waals surface area contributed by atoms with Crippen LogP contribution in [0.4, 0.5) is 11.4 Å². The van der Waals surface area contributed by atoms with Gasteiger partial charge in [0, 0.05) is 25.0 Å². The van der Waals surface area contributed by atoms with Gasteiger partial charge in [-0.3, -0.25) is 0 Å². The van der Waals surface area contributed by atoms with E-state index in [-0.39, 0.29) is 10.0 Å². The highest BCUT2D eigenvalue weighted by atomic mass is 32.2. The van der Waals surface area contributed by atoms with Crippen LogP contribution < -0.4 is 16.0 Å². The number of hydrogen-bond acceptors (Lipinski definition) is 5. The van der Waals surface area contributed by atoms with Gasteiger partial charge in [-0.1, -0.05) is 0 Å². The molecule has 1 saturated heterocycles. The van der Waals surface area contributed by atoms with Gasteiger partial charge in [0.1, 0.15) is 0 Å². The van der Waals surface area contributed by atoms with Crippen LogP contribution in [0.3, 0.4) is 0 Å². The summed E-state index contributed by atoms with van der Waals surface area (Å²) in [6.45, 7) is 2.85. The number of benzene rings is 1. The smallest absolute Gasteiger partial charge is 0.177 e. The lowest BCUT2D eigenvalue weighted by atomic mass is 10.2. The quantitative estimate of drug-likeness (QED) is 0.789. The monoisotopic (exact) mass is 315 g/mol. The number of sulfone groups is 1. The molecule has 20 heavy (non-hydrogen) atoms. The summed E-state index contributed by atoms with van der Waals surface area (Å²) in [5, 5.41) is 2.77. The van der Waals surface area contributed by atoms with Crippen LogP contribution in [0, 0.1) is 0 Å². The van der Waals surface area contributed by atoms with Crippen molar-refractivity contribution in [2.24, 2.45) is 5.73 Å². The third-order valence-electron chi connectivity index (χ3n) is 3.00. The van der Waals surface area contributed by atoms with Gasteiger partial charge in [0.2, 0.25) is 0 Å². The number of nitrogens with zero attached hydrogens (tertiary/aromatic N) is 1. The molecule has 1 aliphatic rings. The Morgan fingerprint density at radius 3 is 2.60 bits per heavy atom. The minimum atomic E-state index is -3.35. The molecule has 6 nitrogen and oxygen atoms in total. The molecule has 1 fully saturated rings. The third kappa shape index (κ3) is 3.59. The Morgan fingerprint density at radius 1 is 1.40 bits per heavy atom. The van der Waals surface area contributed by atoms with E-state index in [2.05, 4.69) is 10.2 Å². The summed E-state index contributed by atoms with van der Waals surface area (Å²) in [4.78, 5) is 2.31. The van der Waals surface area contributed by atoms with Crippen molar-refractivity contribution < 1.29 is 13.2 Å². The number of thiocarbonyl (C=S) groups is 1. The highest BCUT2D eigenvalue weighted by molar-refractivity contribution is 7.90. The van der Waals surface area contributed by atoms with Crippen LogP contribution in [0.1, 0.15) is 0 Å². The molecule has 1 aliphatic heterocycles. The second-order valence-electron chi connectivity index (χ2n) is 4.54. The number of hydrogen-bond donors (Lipinski definition) is 2. The highest BCUT2D eigenvalue weighted by Crippen LogP contribution is 2.27. The molecule has 1 heterocycles. The van der Waals surface area contributed by atoms with E-state index in [0.717, 1.165) is 25.0 Å². The fraction of sp³-hybridized carbons (Fsp3) is 0.417. The SMILES string of the molecule is CS(=O)(=O)c1ccc(N2CCOCC2)cc1NC(N)=S. The molecule has 0 spiro atoms. The van der Waals surface area contributed by atoms with E-state index in [1.54, 1.807) is 18.2 Å². The van der Waals surface area contributed by atoms with Gasteiger partial charge in [0.25, 0.3) is 0 Å². The maximum Gasteiger partial charge on any atom is 0.177 e. The molecular weight excluding hydrogens is 298 g/mol. The van der Waals surface area contributed by atoms with Crippen molar-refractivity contribution in [3.63, 3.8) is 0 Å². The molecule has 0 atom stereocenters. The predicted octanol–water partition coefficient (Wildman–Crippen LogP) is 0.582. The van der Waals surface area contributed by atoms with Gasteiger partial charge >= 0.3 is 0 Å². The molecule has 1 aromatic carbocycles. The Labute approximate surface area is 123 Å². The molecule has 110 valence electrons. The molecule has 0 bridgehead atoms. The lowest BCUT2D eigenvalue weighted by molar-refractivity contribution is 0.122. The van der Waals surface area contributed by atoms with E-state index >= 15 is 0 Å². The number of nitrogens with one attached hydrogen (secondary N) is 1. The van der Waals surface area contributed by atoms with Crippen LogP contribution in [0.15, 0.2) is 23.1 Å². The first-order valence-corrected chi connectivity index (χ1v) is 8.41. The molecular formula is C12H17N3O3S2. The summed E-state index contributed by atoms with van der Waals surface area (Å²) < 4.78 is 28.8. The maximum absolute atomic E-state index is 11.8. The maximum atomic E-state index is 11.8. The number of morpholine rings is 1. The van der Waals surface area contributed by atoms with E-state index in [1.165, 1.54) is 0 Å². The van der Waals surface area contributed by atoms with Crippen molar-refractivity contribution in [1.82, 2.24) is 0 Å². The first kappa shape index (κ1) is 15.0. The summed E-state index contributed by atoms with van der Waals surface area (Å²) in [6, 6.07) is 5.11. The molecule has 0 radical (unpaired) electrons. The highest BCUT2D eigenvalue weighted by Gasteiger charge is 2.17. The lowest BCUT2D eigenvalue weighted by Crippen LogP contribution is -2.36. The van der Waals surface area contributed by atoms with Crippen molar-refractivity contribution in [3.8, 4) is 0 Å². The van der Waals surface area contributed by atoms with E-state index < -0.39 is 9.84 Å². The number of nitrogens with two attached hydrogens (primary N) is 1. The van der Waals surface area contributed by atoms with Gasteiger partial charge in [-0.15, -0.1) is 0 Å². The molecule has 0 aromatic heterocycles. The molecule has 2 rings (SSSR count). The van der Waals surface area contributed by atoms with Crippen LogP contribution in [-0.2, 0) is 14.6 Å². The zero-order valence-electron chi connectivity index (χ0n) is 11.1. The van der Waals surface area contributed by atoms with Gasteiger partial charge in [-0.25, -0.2) is 8.42 Å². The van der Waals surface area contributed by atoms with E-state index in [1.807, 2.05) is 0 Å². The van der Waals surface area contributed by atoms with E-state index in [4.69, 9.17) is 22.7 Å². The summed E-state index contributed by atoms with van der Waals surface area (Å²) in [6.07, 6.45) is 1.15. The molecule has 0 aliphatic carbocycles. The van der Waals surface area contributed by atoms with Crippen LogP contribution >= 0.6 is 12.2 Å². The van der Waals surface area contributed by atoms with Gasteiger partial charge in [0.15, 0.2) is 14.9 Å². The molecule has 0 saturated carbocycles. The summed E-state index contributed by atoms with van der Waals surface area (Å²) in [7, 11) is -3.35. The number of ether oxygens (including phenoxy) is 1. The Morgan fingerprint density at radius 2 is 2.05 bits per heavy atom. The van der Waals surface area contributed by atoms with Crippen LogP contribution in [0.2, 0.25) is 0 Å². The molecule has 3 N–H and O–H groups in total. The normalized spacial score (nSPS) is 15.9. The number of anilines is 2. The van der Waals surface area contributed by atoms with Crippen molar-refractivity contribution in [2.75, 3.05) is 42.8 Å². The first-order valence-electron chi connectivity index (χ1n) is 6.11. The van der Waals surface area contributed by atoms with E-state index in [0.29, 0.717) is 18.9 Å². The van der Waals surface area contributed by atoms with Gasteiger partial charge in [-0.2, -0.15) is 0 Å². The average Bonchev–Trinajstić information content (AvgIpc) is 2.37. The van der Waals surface area contributed by atoms with Crippen LogP contribution in [-0.4, -0.2) is 46.1 Å². The van der Waals surface area contributed by atoms with Crippen LogP contribution in [0.25, 0.3) is 0 Å². The van der Waals surface area contributed by atoms with Crippen molar-refractivity contribution in [2.45, 2.75) is 4.90 Å². The van der Waals surface area contributed by atoms with Gasteiger partial charge < -0.3 is 20.7 Å². The summed E-state index contributed by atoms with van der Waals surface area (Å²) >= 11 is 4.80. The minimum absolute atomic E-state index is 0.0361. The largest absolute Gasteiger partial charge is 0.378 e. The minimum Gasteiger partial charge on any atom is -0.378 e. The molecule has 8 heteroatoms. The third-order valence-corrected chi connectivity index (χ3v) is 4.25. The average molecular weight is 315 g/mol. The molecule has 0 amide bonds. The second-order valence-corrected chi connectivity index (χ2v) is 6.97. The Hall–Kier alpha value is -1.38. The fourth-order valence-electron chi connectivity index (χ4n) is 2.09. The Kier molecular flexibility index (Phi) is 4.46. The van der Waals surface area contributed by atoms with Crippen molar-refractivity contribution >= 4 is 38.5 Å². The molecule has 1 aromatic rings. The second kappa shape index (κ2) is 5.94. The van der Waals surface area contributed by atoms with Gasteiger partial charge in [-0.05, 0) is 30.4 Å². The van der Waals surface area contributed by atoms with E-state index in [9.17, 15) is 8.42 Å².